The van der Waals surface area contributed by atoms with Gasteiger partial charge in [-0.15, -0.1) is 0 Å². The summed E-state index contributed by atoms with van der Waals surface area (Å²) in [6.07, 6.45) is 7.37. The first kappa shape index (κ1) is 20.8. The minimum atomic E-state index is -3.22. The molecule has 1 heterocycles. The second-order valence-electron chi connectivity index (χ2n) is 10.2. The minimum absolute atomic E-state index is 0.0452. The number of nitrogens with one attached hydrogen (secondary N) is 2. The van der Waals surface area contributed by atoms with Crippen LogP contribution in [0, 0.1) is 23.2 Å². The molecule has 0 radical (unpaired) electrons. The van der Waals surface area contributed by atoms with Gasteiger partial charge in [0, 0.05) is 17.6 Å². The molecule has 2 amide bonds. The van der Waals surface area contributed by atoms with Gasteiger partial charge in [-0.05, 0) is 93.9 Å². The average molecular weight is 446 g/mol. The number of anilines is 2. The summed E-state index contributed by atoms with van der Waals surface area (Å²) < 4.78 is 25.5. The van der Waals surface area contributed by atoms with Crippen LogP contribution in [0.3, 0.4) is 0 Å². The maximum atomic E-state index is 13.2. The fourth-order valence-corrected chi connectivity index (χ4v) is 8.26. The molecule has 1 saturated heterocycles. The molecular formula is C23H31N3O4S. The lowest BCUT2D eigenvalue weighted by Gasteiger charge is -2.55. The largest absolute Gasteiger partial charge is 0.344 e. The number of carbonyl (C=O) groups is 2. The van der Waals surface area contributed by atoms with Gasteiger partial charge < -0.3 is 10.6 Å². The lowest BCUT2D eigenvalue weighted by molar-refractivity contribution is -0.147. The van der Waals surface area contributed by atoms with Crippen molar-refractivity contribution in [1.82, 2.24) is 5.32 Å². The van der Waals surface area contributed by atoms with Crippen LogP contribution in [0.15, 0.2) is 24.3 Å². The highest BCUT2D eigenvalue weighted by atomic mass is 32.2. The zero-order valence-corrected chi connectivity index (χ0v) is 18.8. The van der Waals surface area contributed by atoms with Crippen molar-refractivity contribution in [3.05, 3.63) is 24.3 Å². The standard InChI is InChI=1S/C23H31N3O4S/c1-15(24-22(28)23-12-16-9-17(13-23)11-18(10-16)14-23)21(27)25-19-3-5-20(6-4-19)26-7-2-8-31(26,29)30/h3-6,15-18H,2,7-14H2,1H3,(H,24,28)(H,25,27)/t15-,16?,17?,18?,23?/m1/s1. The zero-order valence-electron chi connectivity index (χ0n) is 18.0. The third kappa shape index (κ3) is 3.83. The number of carbonyl (C=O) groups excluding carboxylic acids is 2. The number of benzene rings is 1. The van der Waals surface area contributed by atoms with Crippen molar-refractivity contribution < 1.29 is 18.0 Å². The second kappa shape index (κ2) is 7.50. The van der Waals surface area contributed by atoms with Gasteiger partial charge in [0.15, 0.2) is 0 Å². The molecule has 168 valence electrons. The van der Waals surface area contributed by atoms with Crippen LogP contribution in [-0.2, 0) is 19.6 Å². The molecule has 5 aliphatic rings. The van der Waals surface area contributed by atoms with Crippen LogP contribution < -0.4 is 14.9 Å². The lowest BCUT2D eigenvalue weighted by atomic mass is 9.49. The third-order valence-corrected chi connectivity index (χ3v) is 9.65. The molecule has 1 atom stereocenters. The highest BCUT2D eigenvalue weighted by molar-refractivity contribution is 7.93. The van der Waals surface area contributed by atoms with Crippen molar-refractivity contribution in [3.63, 3.8) is 0 Å². The molecule has 0 unspecified atom stereocenters. The summed E-state index contributed by atoms with van der Waals surface area (Å²) >= 11 is 0. The average Bonchev–Trinajstić information content (AvgIpc) is 3.06. The van der Waals surface area contributed by atoms with E-state index < -0.39 is 16.1 Å². The molecule has 7 nitrogen and oxygen atoms in total. The van der Waals surface area contributed by atoms with Crippen LogP contribution in [-0.4, -0.2) is 38.6 Å². The quantitative estimate of drug-likeness (QED) is 0.728. The van der Waals surface area contributed by atoms with E-state index in [2.05, 4.69) is 10.6 Å². The number of amides is 2. The van der Waals surface area contributed by atoms with E-state index in [0.29, 0.717) is 42.1 Å². The van der Waals surface area contributed by atoms with Gasteiger partial charge >= 0.3 is 0 Å². The fraction of sp³-hybridized carbons (Fsp3) is 0.652. The minimum Gasteiger partial charge on any atom is -0.344 e. The zero-order chi connectivity index (χ0) is 21.8. The first-order valence-electron chi connectivity index (χ1n) is 11.5. The molecule has 31 heavy (non-hydrogen) atoms. The van der Waals surface area contributed by atoms with E-state index in [1.54, 1.807) is 31.2 Å². The molecule has 1 aliphatic heterocycles. The molecule has 4 bridgehead atoms. The maximum Gasteiger partial charge on any atom is 0.246 e. The van der Waals surface area contributed by atoms with Gasteiger partial charge in [-0.3, -0.25) is 13.9 Å². The van der Waals surface area contributed by atoms with Crippen LogP contribution in [0.4, 0.5) is 11.4 Å². The van der Waals surface area contributed by atoms with Gasteiger partial charge in [0.1, 0.15) is 6.04 Å². The van der Waals surface area contributed by atoms with Crippen LogP contribution in [0.2, 0.25) is 0 Å². The van der Waals surface area contributed by atoms with E-state index in [0.717, 1.165) is 19.3 Å². The highest BCUT2D eigenvalue weighted by Gasteiger charge is 2.54. The topological polar surface area (TPSA) is 95.6 Å². The predicted molar refractivity (Wildman–Crippen MR) is 119 cm³/mol. The Balaban J connectivity index is 1.19. The molecular weight excluding hydrogens is 414 g/mol. The summed E-state index contributed by atoms with van der Waals surface area (Å²) in [5, 5.41) is 5.82. The highest BCUT2D eigenvalue weighted by Crippen LogP contribution is 2.60. The molecule has 8 heteroatoms. The molecule has 2 N–H and O–H groups in total. The first-order chi connectivity index (χ1) is 14.7. The van der Waals surface area contributed by atoms with Crippen molar-refractivity contribution in [3.8, 4) is 0 Å². The predicted octanol–water partition coefficient (Wildman–Crippen LogP) is 2.89. The van der Waals surface area contributed by atoms with Crippen LogP contribution >= 0.6 is 0 Å². The summed E-state index contributed by atoms with van der Waals surface area (Å²) in [6, 6.07) is 6.19. The number of rotatable bonds is 5. The van der Waals surface area contributed by atoms with Crippen molar-refractivity contribution in [2.45, 2.75) is 57.9 Å². The van der Waals surface area contributed by atoms with Crippen molar-refractivity contribution in [2.24, 2.45) is 23.2 Å². The van der Waals surface area contributed by atoms with Gasteiger partial charge in [-0.25, -0.2) is 8.42 Å². The van der Waals surface area contributed by atoms with Crippen LogP contribution in [0.1, 0.15) is 51.9 Å². The van der Waals surface area contributed by atoms with E-state index >= 15 is 0 Å². The molecule has 0 spiro atoms. The Labute approximate surface area is 184 Å². The van der Waals surface area contributed by atoms with E-state index in [1.165, 1.54) is 23.6 Å². The number of hydrogen-bond donors (Lipinski definition) is 2. The van der Waals surface area contributed by atoms with E-state index in [9.17, 15) is 18.0 Å². The lowest BCUT2D eigenvalue weighted by Crippen LogP contribution is -2.56. The third-order valence-electron chi connectivity index (χ3n) is 7.78. The van der Waals surface area contributed by atoms with Gasteiger partial charge in [0.25, 0.3) is 0 Å². The Morgan fingerprint density at radius 1 is 1.03 bits per heavy atom. The molecule has 5 fully saturated rings. The summed E-state index contributed by atoms with van der Waals surface area (Å²) in [7, 11) is -3.22. The molecule has 4 saturated carbocycles. The van der Waals surface area contributed by atoms with E-state index in [-0.39, 0.29) is 23.0 Å². The Kier molecular flexibility index (Phi) is 5.03. The Hall–Kier alpha value is -2.09. The van der Waals surface area contributed by atoms with Gasteiger partial charge in [0.05, 0.1) is 11.4 Å². The molecule has 6 rings (SSSR count). The summed E-state index contributed by atoms with van der Waals surface area (Å²) in [5.41, 5.74) is 0.923. The van der Waals surface area contributed by atoms with Gasteiger partial charge in [-0.1, -0.05) is 0 Å². The number of hydrogen-bond acceptors (Lipinski definition) is 4. The Bertz CT molecular complexity index is 953. The Morgan fingerprint density at radius 3 is 2.13 bits per heavy atom. The fourth-order valence-electron chi connectivity index (χ4n) is 6.70. The Morgan fingerprint density at radius 2 is 1.61 bits per heavy atom. The van der Waals surface area contributed by atoms with Crippen molar-refractivity contribution in [1.29, 1.82) is 0 Å². The molecule has 1 aromatic carbocycles. The normalized spacial score (nSPS) is 33.8. The van der Waals surface area contributed by atoms with Gasteiger partial charge in [-0.2, -0.15) is 0 Å². The SMILES string of the molecule is C[C@@H](NC(=O)C12CC3CC(CC(C3)C1)C2)C(=O)Nc1ccc(N2CCCS2(=O)=O)cc1. The molecule has 0 aromatic heterocycles. The summed E-state index contributed by atoms with van der Waals surface area (Å²) in [6.45, 7) is 2.21. The van der Waals surface area contributed by atoms with E-state index in [1.807, 2.05) is 0 Å². The maximum absolute atomic E-state index is 13.2. The van der Waals surface area contributed by atoms with Crippen LogP contribution in [0.25, 0.3) is 0 Å². The van der Waals surface area contributed by atoms with Crippen molar-refractivity contribution >= 4 is 33.2 Å². The van der Waals surface area contributed by atoms with Crippen LogP contribution in [0.5, 0.6) is 0 Å². The smallest absolute Gasteiger partial charge is 0.246 e. The summed E-state index contributed by atoms with van der Waals surface area (Å²) in [4.78, 5) is 25.8. The van der Waals surface area contributed by atoms with Crippen molar-refractivity contribution in [2.75, 3.05) is 21.9 Å². The number of sulfonamides is 1. The van der Waals surface area contributed by atoms with E-state index in [4.69, 9.17) is 0 Å². The number of nitrogens with zero attached hydrogens (tertiary/aromatic N) is 1. The van der Waals surface area contributed by atoms with Gasteiger partial charge in [0.2, 0.25) is 21.8 Å². The summed E-state index contributed by atoms with van der Waals surface area (Å²) in [5.74, 6) is 1.99. The second-order valence-corrected chi connectivity index (χ2v) is 12.2. The first-order valence-corrected chi connectivity index (χ1v) is 13.1. The monoisotopic (exact) mass is 445 g/mol. The molecule has 4 aliphatic carbocycles. The molecule has 1 aromatic rings.